The number of carbonyl (C=O) groups excluding carboxylic acids is 1. The van der Waals surface area contributed by atoms with Gasteiger partial charge in [-0.15, -0.1) is 0 Å². The summed E-state index contributed by atoms with van der Waals surface area (Å²) in [6.07, 6.45) is 4.51. The van der Waals surface area contributed by atoms with Crippen LogP contribution in [0.25, 0.3) is 11.4 Å². The number of hydrogen-bond donors (Lipinski definition) is 1. The number of hydrogen-bond acceptors (Lipinski definition) is 5. The number of esters is 1. The molecule has 4 rings (SSSR count). The van der Waals surface area contributed by atoms with Crippen molar-refractivity contribution < 1.29 is 14.3 Å². The highest BCUT2D eigenvalue weighted by molar-refractivity contribution is 5.89. The van der Waals surface area contributed by atoms with Crippen molar-refractivity contribution in [2.45, 2.75) is 53.0 Å². The average Bonchev–Trinajstić information content (AvgIpc) is 3.49. The predicted octanol–water partition coefficient (Wildman–Crippen LogP) is 3.31. The van der Waals surface area contributed by atoms with Crippen LogP contribution in [0.3, 0.4) is 0 Å². The Bertz CT molecular complexity index is 1100. The van der Waals surface area contributed by atoms with E-state index in [1.165, 1.54) is 6.07 Å². The van der Waals surface area contributed by atoms with Crippen molar-refractivity contribution in [3.8, 4) is 17.1 Å². The van der Waals surface area contributed by atoms with Crippen molar-refractivity contribution in [1.29, 1.82) is 0 Å². The molecule has 0 saturated heterocycles. The minimum absolute atomic E-state index is 0.00466. The lowest BCUT2D eigenvalue weighted by Gasteiger charge is -2.38. The van der Waals surface area contributed by atoms with Gasteiger partial charge in [-0.25, -0.2) is 4.79 Å². The topological polar surface area (TPSA) is 90.4 Å². The number of fused-ring (bicyclic) bond motifs is 3. The Balaban J connectivity index is 1.84. The first-order chi connectivity index (χ1) is 14.2. The number of carbonyl (C=O) groups is 1. The summed E-state index contributed by atoms with van der Waals surface area (Å²) < 4.78 is 12.7. The maximum absolute atomic E-state index is 12.7. The monoisotopic (exact) mass is 412 g/mol. The molecular weight excluding hydrogens is 384 g/mol. The van der Waals surface area contributed by atoms with Gasteiger partial charge in [0.05, 0.1) is 24.6 Å². The van der Waals surface area contributed by atoms with Crippen LogP contribution in [-0.2, 0) is 11.2 Å². The van der Waals surface area contributed by atoms with Gasteiger partial charge < -0.3 is 19.0 Å². The normalized spacial score (nSPS) is 17.8. The molecule has 1 aliphatic carbocycles. The number of aromatic amines is 1. The molecule has 7 nitrogen and oxygen atoms in total. The van der Waals surface area contributed by atoms with Crippen LogP contribution >= 0.6 is 0 Å². The van der Waals surface area contributed by atoms with Gasteiger partial charge in [0.1, 0.15) is 5.56 Å². The van der Waals surface area contributed by atoms with E-state index in [9.17, 15) is 14.4 Å². The van der Waals surface area contributed by atoms with Crippen LogP contribution in [0.2, 0.25) is 0 Å². The second-order valence-corrected chi connectivity index (χ2v) is 9.27. The van der Waals surface area contributed by atoms with E-state index in [0.29, 0.717) is 36.1 Å². The van der Waals surface area contributed by atoms with Crippen LogP contribution in [0.4, 0.5) is 0 Å². The summed E-state index contributed by atoms with van der Waals surface area (Å²) >= 11 is 0. The van der Waals surface area contributed by atoms with Gasteiger partial charge >= 0.3 is 5.97 Å². The molecule has 0 aromatic carbocycles. The van der Waals surface area contributed by atoms with Crippen LogP contribution in [0.1, 0.15) is 62.5 Å². The third kappa shape index (κ3) is 3.80. The van der Waals surface area contributed by atoms with Gasteiger partial charge in [0, 0.05) is 18.3 Å². The number of pyridine rings is 2. The van der Waals surface area contributed by atoms with Crippen LogP contribution in [0.5, 0.6) is 5.75 Å². The molecule has 2 aliphatic rings. The minimum Gasteiger partial charge on any atom is -0.488 e. The Morgan fingerprint density at radius 1 is 1.23 bits per heavy atom. The molecule has 1 aliphatic heterocycles. The largest absolute Gasteiger partial charge is 0.488 e. The zero-order chi connectivity index (χ0) is 21.6. The van der Waals surface area contributed by atoms with E-state index in [0.717, 1.165) is 18.4 Å². The van der Waals surface area contributed by atoms with Gasteiger partial charge in [-0.2, -0.15) is 0 Å². The molecule has 7 heteroatoms. The lowest BCUT2D eigenvalue weighted by atomic mass is 9.80. The van der Waals surface area contributed by atoms with Crippen LogP contribution in [0, 0.1) is 11.3 Å². The standard InChI is InChI=1S/C23H28N2O5/c1-5-29-22(28)15-11-25-16(10-17(15)26)20-14(9-19(25)23(2,3)4)8-18(21(27)24-20)30-12-13-6-7-13/h8,10-11,13,19H,5-7,9,12H2,1-4H3,(H,24,27). The summed E-state index contributed by atoms with van der Waals surface area (Å²) in [6, 6.07) is 3.21. The lowest BCUT2D eigenvalue weighted by Crippen LogP contribution is -2.34. The molecule has 1 saturated carbocycles. The maximum atomic E-state index is 12.7. The Labute approximate surface area is 175 Å². The molecule has 1 unspecified atom stereocenters. The maximum Gasteiger partial charge on any atom is 0.343 e. The zero-order valence-corrected chi connectivity index (χ0v) is 17.9. The highest BCUT2D eigenvalue weighted by Gasteiger charge is 2.34. The Kier molecular flexibility index (Phi) is 5.08. The van der Waals surface area contributed by atoms with Gasteiger partial charge in [0.25, 0.3) is 5.56 Å². The number of nitrogens with one attached hydrogen (secondary N) is 1. The molecule has 30 heavy (non-hydrogen) atoms. The molecule has 3 heterocycles. The van der Waals surface area contributed by atoms with Gasteiger partial charge in [-0.3, -0.25) is 9.59 Å². The second-order valence-electron chi connectivity index (χ2n) is 9.27. The molecule has 2 aromatic rings. The summed E-state index contributed by atoms with van der Waals surface area (Å²) in [7, 11) is 0. The molecule has 160 valence electrons. The van der Waals surface area contributed by atoms with E-state index in [1.807, 2.05) is 10.6 Å². The first kappa shape index (κ1) is 20.4. The van der Waals surface area contributed by atoms with Crippen molar-refractivity contribution >= 4 is 5.97 Å². The summed E-state index contributed by atoms with van der Waals surface area (Å²) in [5, 5.41) is 0. The molecular formula is C23H28N2O5. The summed E-state index contributed by atoms with van der Waals surface area (Å²) in [5.41, 5.74) is 1.26. The number of rotatable bonds is 5. The van der Waals surface area contributed by atoms with Crippen molar-refractivity contribution in [1.82, 2.24) is 9.55 Å². The first-order valence-corrected chi connectivity index (χ1v) is 10.5. The molecule has 1 atom stereocenters. The number of ether oxygens (including phenoxy) is 2. The zero-order valence-electron chi connectivity index (χ0n) is 17.9. The Hall–Kier alpha value is -2.83. The molecule has 0 radical (unpaired) electrons. The molecule has 0 amide bonds. The number of nitrogens with zero attached hydrogens (tertiary/aromatic N) is 1. The summed E-state index contributed by atoms with van der Waals surface area (Å²) in [6.45, 7) is 8.81. The van der Waals surface area contributed by atoms with E-state index in [2.05, 4.69) is 25.8 Å². The molecule has 0 bridgehead atoms. The van der Waals surface area contributed by atoms with Crippen LogP contribution in [0.15, 0.2) is 27.9 Å². The SMILES string of the molecule is CCOC(=O)c1cn2c(cc1=O)-c1[nH]c(=O)c(OCC3CC3)cc1CC2C(C)(C)C. The van der Waals surface area contributed by atoms with E-state index < -0.39 is 11.4 Å². The van der Waals surface area contributed by atoms with E-state index in [4.69, 9.17) is 9.47 Å². The van der Waals surface area contributed by atoms with Gasteiger partial charge in [0.15, 0.2) is 11.2 Å². The number of aromatic nitrogens is 2. The molecule has 0 spiro atoms. The van der Waals surface area contributed by atoms with Crippen LogP contribution < -0.4 is 15.7 Å². The quantitative estimate of drug-likeness (QED) is 0.761. The fraction of sp³-hybridized carbons (Fsp3) is 0.522. The average molecular weight is 412 g/mol. The van der Waals surface area contributed by atoms with Crippen molar-refractivity contribution in [3.05, 3.63) is 50.0 Å². The van der Waals surface area contributed by atoms with Crippen molar-refractivity contribution in [2.24, 2.45) is 11.3 Å². The van der Waals surface area contributed by atoms with E-state index in [-0.39, 0.29) is 29.2 Å². The lowest BCUT2D eigenvalue weighted by molar-refractivity contribution is 0.0523. The summed E-state index contributed by atoms with van der Waals surface area (Å²) in [4.78, 5) is 40.5. The molecule has 2 aromatic heterocycles. The van der Waals surface area contributed by atoms with E-state index >= 15 is 0 Å². The number of H-pyrrole nitrogens is 1. The highest BCUT2D eigenvalue weighted by Crippen LogP contribution is 2.42. The van der Waals surface area contributed by atoms with Crippen molar-refractivity contribution in [3.63, 3.8) is 0 Å². The predicted molar refractivity (Wildman–Crippen MR) is 113 cm³/mol. The fourth-order valence-electron chi connectivity index (χ4n) is 3.94. The third-order valence-electron chi connectivity index (χ3n) is 5.84. The Morgan fingerprint density at radius 2 is 1.97 bits per heavy atom. The van der Waals surface area contributed by atoms with Gasteiger partial charge in [-0.1, -0.05) is 20.8 Å². The highest BCUT2D eigenvalue weighted by atomic mass is 16.5. The molecule has 1 fully saturated rings. The molecule has 1 N–H and O–H groups in total. The third-order valence-corrected chi connectivity index (χ3v) is 5.84. The van der Waals surface area contributed by atoms with Crippen LogP contribution in [-0.4, -0.2) is 28.7 Å². The van der Waals surface area contributed by atoms with Crippen molar-refractivity contribution in [2.75, 3.05) is 13.2 Å². The van der Waals surface area contributed by atoms with Gasteiger partial charge in [0.2, 0.25) is 0 Å². The smallest absolute Gasteiger partial charge is 0.343 e. The first-order valence-electron chi connectivity index (χ1n) is 10.5. The fourth-order valence-corrected chi connectivity index (χ4v) is 3.94. The Morgan fingerprint density at radius 3 is 2.60 bits per heavy atom. The van der Waals surface area contributed by atoms with E-state index in [1.54, 1.807) is 13.1 Å². The minimum atomic E-state index is -0.631. The van der Waals surface area contributed by atoms with Gasteiger partial charge in [-0.05, 0) is 49.1 Å². The summed E-state index contributed by atoms with van der Waals surface area (Å²) in [5.74, 6) is 0.240. The second kappa shape index (κ2) is 7.45.